The maximum absolute atomic E-state index is 11.4. The van der Waals surface area contributed by atoms with E-state index in [0.717, 1.165) is 23.3 Å². The van der Waals surface area contributed by atoms with Crippen LogP contribution in [0.2, 0.25) is 0 Å². The quantitative estimate of drug-likeness (QED) is 0.628. The Labute approximate surface area is 112 Å². The van der Waals surface area contributed by atoms with Crippen molar-refractivity contribution in [3.8, 4) is 0 Å². The molecule has 4 nitrogen and oxygen atoms in total. The van der Waals surface area contributed by atoms with E-state index in [1.54, 1.807) is 13.0 Å². The van der Waals surface area contributed by atoms with Crippen molar-refractivity contribution in [2.45, 2.75) is 13.5 Å². The van der Waals surface area contributed by atoms with E-state index in [4.69, 9.17) is 0 Å². The van der Waals surface area contributed by atoms with Gasteiger partial charge in [0.15, 0.2) is 0 Å². The number of carbonyl (C=O) groups excluding carboxylic acids is 2. The second-order valence-electron chi connectivity index (χ2n) is 3.75. The number of nitrogens with one attached hydrogen (secondary N) is 1. The van der Waals surface area contributed by atoms with E-state index in [9.17, 15) is 9.59 Å². The van der Waals surface area contributed by atoms with E-state index in [1.807, 2.05) is 24.3 Å². The number of amides is 1. The summed E-state index contributed by atoms with van der Waals surface area (Å²) in [7, 11) is 0. The van der Waals surface area contributed by atoms with Gasteiger partial charge in [0.1, 0.15) is 0 Å². The molecule has 0 spiro atoms. The van der Waals surface area contributed by atoms with E-state index in [0.29, 0.717) is 13.2 Å². The van der Waals surface area contributed by atoms with Crippen molar-refractivity contribution in [1.29, 1.82) is 0 Å². The largest absolute Gasteiger partial charge is 0.463 e. The summed E-state index contributed by atoms with van der Waals surface area (Å²) in [4.78, 5) is 22.4. The molecule has 1 aromatic carbocycles. The number of rotatable bonds is 6. The van der Waals surface area contributed by atoms with Crippen LogP contribution in [0, 0.1) is 0 Å². The van der Waals surface area contributed by atoms with Crippen molar-refractivity contribution in [3.05, 3.63) is 54.1 Å². The van der Waals surface area contributed by atoms with Crippen LogP contribution in [0.3, 0.4) is 0 Å². The SMILES string of the molecule is C=Cc1ccc(CNC(=O)C=CC(=O)OCC)cc1. The second-order valence-corrected chi connectivity index (χ2v) is 3.75. The molecule has 19 heavy (non-hydrogen) atoms. The van der Waals surface area contributed by atoms with Gasteiger partial charge in [-0.15, -0.1) is 0 Å². The molecule has 1 amide bonds. The van der Waals surface area contributed by atoms with Crippen LogP contribution in [0.25, 0.3) is 6.08 Å². The topological polar surface area (TPSA) is 55.4 Å². The van der Waals surface area contributed by atoms with Gasteiger partial charge in [0.25, 0.3) is 0 Å². The van der Waals surface area contributed by atoms with Crippen LogP contribution in [0.15, 0.2) is 43.0 Å². The molecule has 0 aromatic heterocycles. The normalized spacial score (nSPS) is 10.2. The van der Waals surface area contributed by atoms with E-state index in [-0.39, 0.29) is 5.91 Å². The van der Waals surface area contributed by atoms with Crippen LogP contribution < -0.4 is 5.32 Å². The van der Waals surface area contributed by atoms with Crippen LogP contribution in [0.4, 0.5) is 0 Å². The Balaban J connectivity index is 2.41. The van der Waals surface area contributed by atoms with Gasteiger partial charge in [0, 0.05) is 18.7 Å². The predicted octanol–water partition coefficient (Wildman–Crippen LogP) is 2.07. The van der Waals surface area contributed by atoms with Gasteiger partial charge in [-0.25, -0.2) is 4.79 Å². The van der Waals surface area contributed by atoms with Crippen molar-refractivity contribution in [2.24, 2.45) is 0 Å². The van der Waals surface area contributed by atoms with Gasteiger partial charge >= 0.3 is 5.97 Å². The summed E-state index contributed by atoms with van der Waals surface area (Å²) in [6.07, 6.45) is 4.03. The van der Waals surface area contributed by atoms with E-state index < -0.39 is 5.97 Å². The molecule has 0 fully saturated rings. The lowest BCUT2D eigenvalue weighted by Gasteiger charge is -2.03. The number of carbonyl (C=O) groups is 2. The van der Waals surface area contributed by atoms with Crippen LogP contribution in [-0.2, 0) is 20.9 Å². The fraction of sp³-hybridized carbons (Fsp3) is 0.200. The van der Waals surface area contributed by atoms with Crippen LogP contribution in [0.5, 0.6) is 0 Å². The van der Waals surface area contributed by atoms with Gasteiger partial charge in [-0.2, -0.15) is 0 Å². The highest BCUT2D eigenvalue weighted by molar-refractivity contribution is 5.94. The van der Waals surface area contributed by atoms with Gasteiger partial charge in [-0.1, -0.05) is 36.9 Å². The number of benzene rings is 1. The van der Waals surface area contributed by atoms with Gasteiger partial charge in [-0.05, 0) is 18.1 Å². The Morgan fingerprint density at radius 3 is 2.53 bits per heavy atom. The summed E-state index contributed by atoms with van der Waals surface area (Å²) in [5.41, 5.74) is 2.00. The zero-order valence-corrected chi connectivity index (χ0v) is 10.9. The fourth-order valence-electron chi connectivity index (χ4n) is 1.35. The maximum Gasteiger partial charge on any atom is 0.330 e. The molecule has 100 valence electrons. The highest BCUT2D eigenvalue weighted by Crippen LogP contribution is 2.04. The minimum Gasteiger partial charge on any atom is -0.463 e. The van der Waals surface area contributed by atoms with Gasteiger partial charge in [0.2, 0.25) is 5.91 Å². The van der Waals surface area contributed by atoms with Crippen molar-refractivity contribution < 1.29 is 14.3 Å². The Bertz CT molecular complexity index is 475. The molecule has 0 atom stereocenters. The molecule has 0 aliphatic heterocycles. The molecule has 0 saturated carbocycles. The summed E-state index contributed by atoms with van der Waals surface area (Å²) in [6.45, 7) is 6.07. The molecule has 0 unspecified atom stereocenters. The molecule has 0 aliphatic carbocycles. The monoisotopic (exact) mass is 259 g/mol. The molecular weight excluding hydrogens is 242 g/mol. The average Bonchev–Trinajstić information content (AvgIpc) is 2.44. The highest BCUT2D eigenvalue weighted by atomic mass is 16.5. The third-order valence-electron chi connectivity index (χ3n) is 2.34. The zero-order chi connectivity index (χ0) is 14.1. The lowest BCUT2D eigenvalue weighted by molar-refractivity contribution is -0.137. The Morgan fingerprint density at radius 1 is 1.26 bits per heavy atom. The fourth-order valence-corrected chi connectivity index (χ4v) is 1.35. The number of hydrogen-bond acceptors (Lipinski definition) is 3. The molecular formula is C15H17NO3. The number of ether oxygens (including phenoxy) is 1. The van der Waals surface area contributed by atoms with Crippen molar-refractivity contribution in [2.75, 3.05) is 6.61 Å². The lowest BCUT2D eigenvalue weighted by Crippen LogP contribution is -2.20. The molecule has 0 bridgehead atoms. The summed E-state index contributed by atoms with van der Waals surface area (Å²) < 4.78 is 4.67. The predicted molar refractivity (Wildman–Crippen MR) is 74.2 cm³/mol. The summed E-state index contributed by atoms with van der Waals surface area (Å²) in [5, 5.41) is 2.67. The molecule has 1 aromatic rings. The second kappa shape index (κ2) is 7.87. The third-order valence-corrected chi connectivity index (χ3v) is 2.34. The number of hydrogen-bond donors (Lipinski definition) is 1. The molecule has 0 saturated heterocycles. The average molecular weight is 259 g/mol. The van der Waals surface area contributed by atoms with Gasteiger partial charge in [0.05, 0.1) is 6.61 Å². The first kappa shape index (κ1) is 14.7. The summed E-state index contributed by atoms with van der Waals surface area (Å²) in [6, 6.07) is 7.66. The van der Waals surface area contributed by atoms with E-state index in [1.165, 1.54) is 0 Å². The van der Waals surface area contributed by atoms with Crippen molar-refractivity contribution >= 4 is 18.0 Å². The highest BCUT2D eigenvalue weighted by Gasteiger charge is 1.99. The van der Waals surface area contributed by atoms with Crippen molar-refractivity contribution in [1.82, 2.24) is 5.32 Å². The summed E-state index contributed by atoms with van der Waals surface area (Å²) >= 11 is 0. The third kappa shape index (κ3) is 5.68. The molecule has 1 rings (SSSR count). The minimum absolute atomic E-state index is 0.292. The van der Waals surface area contributed by atoms with Gasteiger partial charge < -0.3 is 10.1 Å². The van der Waals surface area contributed by atoms with Crippen LogP contribution >= 0.6 is 0 Å². The summed E-state index contributed by atoms with van der Waals surface area (Å²) in [5.74, 6) is -0.853. The zero-order valence-electron chi connectivity index (χ0n) is 10.9. The Hall–Kier alpha value is -2.36. The first-order valence-electron chi connectivity index (χ1n) is 5.99. The van der Waals surface area contributed by atoms with E-state index >= 15 is 0 Å². The molecule has 0 radical (unpaired) electrons. The molecule has 0 aliphatic rings. The Morgan fingerprint density at radius 2 is 1.95 bits per heavy atom. The Kier molecular flexibility index (Phi) is 6.09. The maximum atomic E-state index is 11.4. The van der Waals surface area contributed by atoms with Crippen molar-refractivity contribution in [3.63, 3.8) is 0 Å². The molecule has 0 heterocycles. The smallest absolute Gasteiger partial charge is 0.330 e. The van der Waals surface area contributed by atoms with Gasteiger partial charge in [-0.3, -0.25) is 4.79 Å². The minimum atomic E-state index is -0.520. The standard InChI is InChI=1S/C15H17NO3/c1-3-12-5-7-13(8-6-12)11-16-14(17)9-10-15(18)19-4-2/h3,5-10H,1,4,11H2,2H3,(H,16,17). The first-order valence-corrected chi connectivity index (χ1v) is 5.99. The first-order chi connectivity index (χ1) is 9.15. The van der Waals surface area contributed by atoms with E-state index in [2.05, 4.69) is 16.6 Å². The molecule has 1 N–H and O–H groups in total. The van der Waals surface area contributed by atoms with Crippen LogP contribution in [0.1, 0.15) is 18.1 Å². The molecule has 4 heteroatoms. The number of esters is 1. The lowest BCUT2D eigenvalue weighted by atomic mass is 10.1. The van der Waals surface area contributed by atoms with Crippen LogP contribution in [-0.4, -0.2) is 18.5 Å².